The summed E-state index contributed by atoms with van der Waals surface area (Å²) in [6, 6.07) is 5.42. The maximum absolute atomic E-state index is 13.8. The van der Waals surface area contributed by atoms with Gasteiger partial charge in [-0.15, -0.1) is 0 Å². The van der Waals surface area contributed by atoms with Gasteiger partial charge in [0.1, 0.15) is 11.6 Å². The van der Waals surface area contributed by atoms with Crippen LogP contribution in [0.1, 0.15) is 56.1 Å². The van der Waals surface area contributed by atoms with Crippen molar-refractivity contribution in [2.75, 3.05) is 5.32 Å². The van der Waals surface area contributed by atoms with Crippen LogP contribution in [0.4, 0.5) is 5.69 Å². The summed E-state index contributed by atoms with van der Waals surface area (Å²) in [5, 5.41) is 6.26. The van der Waals surface area contributed by atoms with Gasteiger partial charge >= 0.3 is 0 Å². The van der Waals surface area contributed by atoms with E-state index in [4.69, 9.17) is 4.74 Å². The minimum atomic E-state index is -1.06. The van der Waals surface area contributed by atoms with E-state index < -0.39 is 29.6 Å². The van der Waals surface area contributed by atoms with E-state index in [1.165, 1.54) is 6.42 Å². The van der Waals surface area contributed by atoms with Gasteiger partial charge in [-0.1, -0.05) is 37.5 Å². The van der Waals surface area contributed by atoms with E-state index in [0.717, 1.165) is 55.3 Å². The minimum absolute atomic E-state index is 0.0637. The molecule has 3 aliphatic heterocycles. The number of hydrogen-bond donors (Lipinski definition) is 2. The first-order valence-corrected chi connectivity index (χ1v) is 12.8. The predicted octanol–water partition coefficient (Wildman–Crippen LogP) is 3.00. The number of carbonyl (C=O) groups excluding carboxylic acids is 3. The lowest BCUT2D eigenvalue weighted by atomic mass is 9.74. The molecule has 2 aliphatic carbocycles. The molecule has 6 rings (SSSR count). The first-order valence-electron chi connectivity index (χ1n) is 12.8. The van der Waals surface area contributed by atoms with E-state index >= 15 is 0 Å². The molecular formula is C27H33N3O4. The number of benzene rings is 1. The SMILES string of the molecule is Cc1cc(C)cc(NC(=O)[C@@H]2[C@@H]3C=C[C@]4(O3)[C@@H]2C(=O)N(C2CC2)[C@@H]4C(=O)NC2CCCCC2)c1. The average Bonchev–Trinajstić information content (AvgIpc) is 3.38. The molecule has 34 heavy (non-hydrogen) atoms. The second-order valence-corrected chi connectivity index (χ2v) is 10.9. The second-order valence-electron chi connectivity index (χ2n) is 10.9. The van der Waals surface area contributed by atoms with Crippen LogP contribution in [0.25, 0.3) is 0 Å². The average molecular weight is 464 g/mol. The van der Waals surface area contributed by atoms with E-state index in [1.54, 1.807) is 4.90 Å². The standard InChI is InChI=1S/C27H33N3O4/c1-15-12-16(2)14-18(13-15)29-24(31)21-20-10-11-27(34-20)22(21)26(33)30(19-8-9-19)23(27)25(32)28-17-6-4-3-5-7-17/h10-14,17,19-23H,3-9H2,1-2H3,(H,28,32)(H,29,31)/t20-,21+,22-,23+,27-/m0/s1. The van der Waals surface area contributed by atoms with Crippen molar-refractivity contribution in [2.45, 2.75) is 88.6 Å². The Bertz CT molecular complexity index is 1050. The predicted molar refractivity (Wildman–Crippen MR) is 127 cm³/mol. The van der Waals surface area contributed by atoms with Crippen LogP contribution in [-0.2, 0) is 19.1 Å². The van der Waals surface area contributed by atoms with Crippen molar-refractivity contribution in [2.24, 2.45) is 11.8 Å². The van der Waals surface area contributed by atoms with Crippen molar-refractivity contribution in [3.05, 3.63) is 41.5 Å². The van der Waals surface area contributed by atoms with Crippen molar-refractivity contribution in [1.82, 2.24) is 10.2 Å². The lowest BCUT2D eigenvalue weighted by Gasteiger charge is -2.34. The smallest absolute Gasteiger partial charge is 0.246 e. The number of hydrogen-bond acceptors (Lipinski definition) is 4. The molecule has 2 N–H and O–H groups in total. The fraction of sp³-hybridized carbons (Fsp3) is 0.593. The van der Waals surface area contributed by atoms with Gasteiger partial charge in [0.2, 0.25) is 17.7 Å². The van der Waals surface area contributed by atoms with Gasteiger partial charge in [0, 0.05) is 17.8 Å². The molecule has 3 amide bonds. The maximum atomic E-state index is 13.8. The quantitative estimate of drug-likeness (QED) is 0.657. The monoisotopic (exact) mass is 463 g/mol. The largest absolute Gasteiger partial charge is 0.359 e. The molecule has 3 heterocycles. The van der Waals surface area contributed by atoms with E-state index in [2.05, 4.69) is 16.7 Å². The Hall–Kier alpha value is -2.67. The molecule has 2 bridgehead atoms. The molecule has 5 atom stereocenters. The van der Waals surface area contributed by atoms with Gasteiger partial charge in [-0.3, -0.25) is 14.4 Å². The molecule has 4 fully saturated rings. The van der Waals surface area contributed by atoms with Crippen LogP contribution in [-0.4, -0.2) is 52.5 Å². The minimum Gasteiger partial charge on any atom is -0.359 e. The zero-order valence-corrected chi connectivity index (χ0v) is 19.9. The number of aryl methyl sites for hydroxylation is 2. The topological polar surface area (TPSA) is 87.7 Å². The van der Waals surface area contributed by atoms with E-state index in [1.807, 2.05) is 38.1 Å². The lowest BCUT2D eigenvalue weighted by Crippen LogP contribution is -2.57. The van der Waals surface area contributed by atoms with Gasteiger partial charge in [0.15, 0.2) is 0 Å². The number of nitrogens with one attached hydrogen (secondary N) is 2. The molecular weight excluding hydrogens is 430 g/mol. The van der Waals surface area contributed by atoms with Crippen molar-refractivity contribution >= 4 is 23.4 Å². The van der Waals surface area contributed by atoms with Crippen molar-refractivity contribution < 1.29 is 19.1 Å². The molecule has 0 radical (unpaired) electrons. The van der Waals surface area contributed by atoms with Gasteiger partial charge < -0.3 is 20.3 Å². The summed E-state index contributed by atoms with van der Waals surface area (Å²) in [7, 11) is 0. The van der Waals surface area contributed by atoms with Gasteiger partial charge in [-0.05, 0) is 62.8 Å². The Labute approximate surface area is 200 Å². The van der Waals surface area contributed by atoms with Crippen LogP contribution in [0.15, 0.2) is 30.4 Å². The summed E-state index contributed by atoms with van der Waals surface area (Å²) < 4.78 is 6.41. The first kappa shape index (κ1) is 21.8. The number of likely N-dealkylation sites (tertiary alicyclic amines) is 1. The molecule has 7 heteroatoms. The molecule has 2 saturated carbocycles. The zero-order valence-electron chi connectivity index (χ0n) is 19.9. The number of rotatable bonds is 5. The number of amides is 3. The third kappa shape index (κ3) is 3.39. The Morgan fingerprint density at radius 2 is 1.71 bits per heavy atom. The Morgan fingerprint density at radius 3 is 2.38 bits per heavy atom. The number of carbonyl (C=O) groups is 3. The van der Waals surface area contributed by atoms with E-state index in [9.17, 15) is 14.4 Å². The lowest BCUT2D eigenvalue weighted by molar-refractivity contribution is -0.142. The number of fused-ring (bicyclic) bond motifs is 1. The highest BCUT2D eigenvalue weighted by Crippen LogP contribution is 2.57. The third-order valence-electron chi connectivity index (χ3n) is 8.24. The molecule has 5 aliphatic rings. The molecule has 0 unspecified atom stereocenters. The number of nitrogens with zero attached hydrogens (tertiary/aromatic N) is 1. The van der Waals surface area contributed by atoms with Crippen LogP contribution in [0.2, 0.25) is 0 Å². The molecule has 1 aromatic rings. The van der Waals surface area contributed by atoms with Gasteiger partial charge in [0.05, 0.1) is 17.9 Å². The Morgan fingerprint density at radius 1 is 1.00 bits per heavy atom. The Balaban J connectivity index is 1.29. The van der Waals surface area contributed by atoms with E-state index in [0.29, 0.717) is 0 Å². The molecule has 1 aromatic carbocycles. The van der Waals surface area contributed by atoms with Crippen molar-refractivity contribution in [1.29, 1.82) is 0 Å². The summed E-state index contributed by atoms with van der Waals surface area (Å²) in [5.74, 6) is -1.78. The summed E-state index contributed by atoms with van der Waals surface area (Å²) >= 11 is 0. The second kappa shape index (κ2) is 7.94. The summed E-state index contributed by atoms with van der Waals surface area (Å²) in [5.41, 5.74) is 1.78. The van der Waals surface area contributed by atoms with Crippen LogP contribution < -0.4 is 10.6 Å². The molecule has 1 spiro atoms. The summed E-state index contributed by atoms with van der Waals surface area (Å²) in [4.78, 5) is 42.7. The Kier molecular flexibility index (Phi) is 5.10. The number of anilines is 1. The normalized spacial score (nSPS) is 34.4. The van der Waals surface area contributed by atoms with Gasteiger partial charge in [0.25, 0.3) is 0 Å². The molecule has 180 valence electrons. The fourth-order valence-corrected chi connectivity index (χ4v) is 6.75. The van der Waals surface area contributed by atoms with Gasteiger partial charge in [-0.25, -0.2) is 0 Å². The molecule has 2 saturated heterocycles. The van der Waals surface area contributed by atoms with Crippen LogP contribution in [0.3, 0.4) is 0 Å². The fourth-order valence-electron chi connectivity index (χ4n) is 6.75. The van der Waals surface area contributed by atoms with Crippen molar-refractivity contribution in [3.63, 3.8) is 0 Å². The maximum Gasteiger partial charge on any atom is 0.246 e. The van der Waals surface area contributed by atoms with E-state index in [-0.39, 0.29) is 29.8 Å². The van der Waals surface area contributed by atoms with Crippen LogP contribution >= 0.6 is 0 Å². The van der Waals surface area contributed by atoms with Crippen LogP contribution in [0.5, 0.6) is 0 Å². The van der Waals surface area contributed by atoms with Gasteiger partial charge in [-0.2, -0.15) is 0 Å². The first-order chi connectivity index (χ1) is 16.4. The highest BCUT2D eigenvalue weighted by molar-refractivity contribution is 6.03. The summed E-state index contributed by atoms with van der Waals surface area (Å²) in [6.45, 7) is 3.98. The molecule has 0 aromatic heterocycles. The molecule has 7 nitrogen and oxygen atoms in total. The highest BCUT2D eigenvalue weighted by atomic mass is 16.5. The van der Waals surface area contributed by atoms with Crippen molar-refractivity contribution in [3.8, 4) is 0 Å². The highest BCUT2D eigenvalue weighted by Gasteiger charge is 2.74. The van der Waals surface area contributed by atoms with Crippen LogP contribution in [0, 0.1) is 25.7 Å². The summed E-state index contributed by atoms with van der Waals surface area (Å²) in [6.07, 6.45) is 10.5. The number of ether oxygens (including phenoxy) is 1. The zero-order chi connectivity index (χ0) is 23.6. The third-order valence-corrected chi connectivity index (χ3v) is 8.24.